The van der Waals surface area contributed by atoms with E-state index >= 15 is 0 Å². The number of ether oxygens (including phenoxy) is 1. The number of hydrogen-bond donors (Lipinski definition) is 3. The largest absolute Gasteiger partial charge is 0.395 e. The maximum absolute atomic E-state index is 14.2. The van der Waals surface area contributed by atoms with E-state index in [2.05, 4.69) is 9.69 Å². The third-order valence-corrected chi connectivity index (χ3v) is 7.75. The number of nitrogen functional groups attached to an aromatic ring is 1. The first kappa shape index (κ1) is 28.1. The van der Waals surface area contributed by atoms with E-state index < -0.39 is 17.9 Å². The molecule has 4 rings (SSSR count). The van der Waals surface area contributed by atoms with Crippen LogP contribution in [0.2, 0.25) is 0 Å². The molecule has 2 atom stereocenters. The van der Waals surface area contributed by atoms with Crippen molar-refractivity contribution >= 4 is 46.3 Å². The molecule has 0 aliphatic carbocycles. The topological polar surface area (TPSA) is 144 Å². The molecule has 1 aliphatic heterocycles. The van der Waals surface area contributed by atoms with Gasteiger partial charge in [-0.3, -0.25) is 19.3 Å². The molecule has 0 spiro atoms. The summed E-state index contributed by atoms with van der Waals surface area (Å²) in [5, 5.41) is 3.00. The third-order valence-electron chi connectivity index (χ3n) is 6.90. The molecule has 1 aromatic heterocycles. The van der Waals surface area contributed by atoms with Crippen LogP contribution in [0.25, 0.3) is 0 Å². The Morgan fingerprint density at radius 2 is 1.79 bits per heavy atom. The summed E-state index contributed by atoms with van der Waals surface area (Å²) in [6.07, 6.45) is 1.72. The lowest BCUT2D eigenvalue weighted by Gasteiger charge is -2.32. The molecule has 39 heavy (non-hydrogen) atoms. The summed E-state index contributed by atoms with van der Waals surface area (Å²) in [6, 6.07) is 11.9. The van der Waals surface area contributed by atoms with Crippen molar-refractivity contribution in [2.45, 2.75) is 38.8 Å². The molecule has 0 saturated carbocycles. The van der Waals surface area contributed by atoms with Crippen LogP contribution in [0.5, 0.6) is 0 Å². The van der Waals surface area contributed by atoms with Crippen molar-refractivity contribution in [3.8, 4) is 0 Å². The van der Waals surface area contributed by atoms with E-state index in [-0.39, 0.29) is 28.3 Å². The van der Waals surface area contributed by atoms with E-state index in [4.69, 9.17) is 16.2 Å². The first-order chi connectivity index (χ1) is 18.6. The van der Waals surface area contributed by atoms with Crippen LogP contribution < -0.4 is 26.6 Å². The number of carbonyl (C=O) groups excluding carboxylic acids is 3. The van der Waals surface area contributed by atoms with E-state index in [1.807, 2.05) is 69.2 Å². The number of hydrogen-bond acceptors (Lipinski definition) is 8. The number of nitrogens with two attached hydrogens (primary N) is 2. The monoisotopic (exact) mass is 550 g/mol. The minimum absolute atomic E-state index is 0.0314. The minimum Gasteiger partial charge on any atom is -0.395 e. The highest BCUT2D eigenvalue weighted by Gasteiger charge is 2.36. The van der Waals surface area contributed by atoms with Crippen LogP contribution in [-0.2, 0) is 9.53 Å². The number of nitrogens with zero attached hydrogens (tertiary/aromatic N) is 3. The van der Waals surface area contributed by atoms with Gasteiger partial charge >= 0.3 is 0 Å². The van der Waals surface area contributed by atoms with Crippen LogP contribution in [0.1, 0.15) is 55.7 Å². The van der Waals surface area contributed by atoms with Gasteiger partial charge in [0.15, 0.2) is 5.69 Å². The Hall–Kier alpha value is -3.96. The number of benzene rings is 2. The molecule has 11 heteroatoms. The molecule has 0 radical (unpaired) electrons. The van der Waals surface area contributed by atoms with Crippen LogP contribution in [-0.4, -0.2) is 55.4 Å². The molecular weight excluding hydrogens is 516 g/mol. The summed E-state index contributed by atoms with van der Waals surface area (Å²) >= 11 is 0.782. The lowest BCUT2D eigenvalue weighted by molar-refractivity contribution is -0.123. The SMILES string of the molecule is Cc1ccc(N(C(=O)c2snc(C(N)=O)c2N)[C@H](C(=O)NC[C@H]2CCCO2)c2ccc(N(C)C)cc2)cc1C. The van der Waals surface area contributed by atoms with Crippen molar-refractivity contribution in [1.29, 1.82) is 0 Å². The summed E-state index contributed by atoms with van der Waals surface area (Å²) in [6.45, 7) is 4.90. The molecule has 206 valence electrons. The third kappa shape index (κ3) is 6.04. The number of nitrogens with one attached hydrogen (secondary N) is 1. The highest BCUT2D eigenvalue weighted by Crippen LogP contribution is 2.34. The number of primary amides is 1. The number of rotatable bonds is 9. The van der Waals surface area contributed by atoms with E-state index in [9.17, 15) is 14.4 Å². The first-order valence-electron chi connectivity index (χ1n) is 12.7. The highest BCUT2D eigenvalue weighted by molar-refractivity contribution is 7.09. The number of anilines is 3. The van der Waals surface area contributed by atoms with Crippen LogP contribution in [0.4, 0.5) is 17.1 Å². The molecule has 1 fully saturated rings. The predicted octanol–water partition coefficient (Wildman–Crippen LogP) is 3.19. The molecule has 2 aromatic carbocycles. The van der Waals surface area contributed by atoms with Gasteiger partial charge in [-0.05, 0) is 79.2 Å². The lowest BCUT2D eigenvalue weighted by atomic mass is 10.0. The highest BCUT2D eigenvalue weighted by atomic mass is 32.1. The van der Waals surface area contributed by atoms with Crippen molar-refractivity contribution in [2.24, 2.45) is 5.73 Å². The Morgan fingerprint density at radius 1 is 1.10 bits per heavy atom. The Bertz CT molecular complexity index is 1360. The zero-order valence-electron chi connectivity index (χ0n) is 22.6. The van der Waals surface area contributed by atoms with Gasteiger partial charge in [0.05, 0.1) is 11.8 Å². The van der Waals surface area contributed by atoms with Crippen molar-refractivity contribution in [2.75, 3.05) is 42.8 Å². The Morgan fingerprint density at radius 3 is 2.36 bits per heavy atom. The molecule has 5 N–H and O–H groups in total. The second-order valence-corrected chi connectivity index (χ2v) is 10.6. The average Bonchev–Trinajstić information content (AvgIpc) is 3.57. The van der Waals surface area contributed by atoms with Gasteiger partial charge < -0.3 is 26.4 Å². The van der Waals surface area contributed by atoms with Gasteiger partial charge in [0.1, 0.15) is 10.9 Å². The summed E-state index contributed by atoms with van der Waals surface area (Å²) in [7, 11) is 3.85. The fraction of sp³-hybridized carbons (Fsp3) is 0.357. The summed E-state index contributed by atoms with van der Waals surface area (Å²) in [4.78, 5) is 43.4. The number of carbonyl (C=O) groups is 3. The van der Waals surface area contributed by atoms with Crippen molar-refractivity contribution in [3.05, 3.63) is 69.7 Å². The van der Waals surface area contributed by atoms with E-state index in [0.717, 1.165) is 41.2 Å². The van der Waals surface area contributed by atoms with E-state index in [1.54, 1.807) is 6.07 Å². The number of amides is 3. The molecule has 0 unspecified atom stereocenters. The molecule has 1 aliphatic rings. The van der Waals surface area contributed by atoms with Gasteiger partial charge in [-0.1, -0.05) is 18.2 Å². The smallest absolute Gasteiger partial charge is 0.273 e. The van der Waals surface area contributed by atoms with Crippen LogP contribution in [0.3, 0.4) is 0 Å². The molecule has 10 nitrogen and oxygen atoms in total. The summed E-state index contributed by atoms with van der Waals surface area (Å²) in [5.41, 5.74) is 15.3. The Labute approximate surface area is 232 Å². The fourth-order valence-electron chi connectivity index (χ4n) is 4.49. The normalized spacial score (nSPS) is 15.5. The van der Waals surface area contributed by atoms with E-state index in [1.165, 1.54) is 4.90 Å². The van der Waals surface area contributed by atoms with Crippen LogP contribution >= 0.6 is 11.5 Å². The lowest BCUT2D eigenvalue weighted by Crippen LogP contribution is -2.45. The van der Waals surface area contributed by atoms with Gasteiger partial charge in [0.25, 0.3) is 11.8 Å². The summed E-state index contributed by atoms with van der Waals surface area (Å²) < 4.78 is 9.71. The summed E-state index contributed by atoms with van der Waals surface area (Å²) in [5.74, 6) is -1.76. The van der Waals surface area contributed by atoms with Gasteiger partial charge in [-0.15, -0.1) is 0 Å². The predicted molar refractivity (Wildman–Crippen MR) is 153 cm³/mol. The van der Waals surface area contributed by atoms with Gasteiger partial charge in [-0.2, -0.15) is 4.37 Å². The zero-order chi connectivity index (χ0) is 28.3. The maximum atomic E-state index is 14.2. The van der Waals surface area contributed by atoms with Gasteiger partial charge in [0.2, 0.25) is 5.91 Å². The minimum atomic E-state index is -1.05. The second kappa shape index (κ2) is 11.8. The second-order valence-electron chi connectivity index (χ2n) is 9.85. The molecule has 2 heterocycles. The van der Waals surface area contributed by atoms with Gasteiger partial charge in [0, 0.05) is 38.6 Å². The number of aromatic nitrogens is 1. The van der Waals surface area contributed by atoms with Gasteiger partial charge in [-0.25, -0.2) is 0 Å². The molecule has 3 aromatic rings. The maximum Gasteiger partial charge on any atom is 0.273 e. The van der Waals surface area contributed by atoms with Crippen LogP contribution in [0.15, 0.2) is 42.5 Å². The molecule has 3 amide bonds. The average molecular weight is 551 g/mol. The molecule has 1 saturated heterocycles. The van der Waals surface area contributed by atoms with E-state index in [0.29, 0.717) is 24.4 Å². The zero-order valence-corrected chi connectivity index (χ0v) is 23.4. The standard InChI is InChI=1S/C28H34N6O4S/c1-16-7-10-20(14-17(16)2)34(28(37)25-22(29)23(26(30)35)32-39-25)24(18-8-11-19(12-9-18)33(3)4)27(36)31-15-21-6-5-13-38-21/h7-12,14,21,24H,5-6,13,15,29H2,1-4H3,(H2,30,35)(H,31,36)/t21-,24+/m1/s1. The Balaban J connectivity index is 1.84. The van der Waals surface area contributed by atoms with Crippen molar-refractivity contribution in [1.82, 2.24) is 9.69 Å². The fourth-order valence-corrected chi connectivity index (χ4v) is 5.23. The number of aryl methyl sites for hydroxylation is 2. The van der Waals surface area contributed by atoms with Crippen LogP contribution in [0, 0.1) is 13.8 Å². The quantitative estimate of drug-likeness (QED) is 0.371. The molecule has 0 bridgehead atoms. The van der Waals surface area contributed by atoms with Crippen molar-refractivity contribution in [3.63, 3.8) is 0 Å². The molecular formula is C28H34N6O4S. The first-order valence-corrected chi connectivity index (χ1v) is 13.5. The Kier molecular flexibility index (Phi) is 8.51. The van der Waals surface area contributed by atoms with Crippen molar-refractivity contribution < 1.29 is 19.1 Å².